The third-order valence-corrected chi connectivity index (χ3v) is 4.86. The molecule has 0 aliphatic carbocycles. The molecule has 1 saturated heterocycles. The topological polar surface area (TPSA) is 99.2 Å². The zero-order valence-electron chi connectivity index (χ0n) is 15.2. The molecule has 0 amide bonds. The molecule has 3 aromatic rings. The van der Waals surface area contributed by atoms with Gasteiger partial charge in [-0.3, -0.25) is 9.36 Å². The lowest BCUT2D eigenvalue weighted by Crippen LogP contribution is -2.40. The van der Waals surface area contributed by atoms with Crippen LogP contribution in [0.4, 0.5) is 11.5 Å². The second-order valence-corrected chi connectivity index (χ2v) is 6.58. The van der Waals surface area contributed by atoms with Crippen molar-refractivity contribution < 1.29 is 9.53 Å². The highest BCUT2D eigenvalue weighted by Gasteiger charge is 2.29. The number of carbonyl (C=O) groups is 1. The molecule has 3 heterocycles. The number of anilines is 2. The smallest absolute Gasteiger partial charge is 0.310 e. The molecule has 1 fully saturated rings. The average molecular weight is 366 g/mol. The van der Waals surface area contributed by atoms with Gasteiger partial charge in [0.1, 0.15) is 18.3 Å². The Kier molecular flexibility index (Phi) is 4.62. The Morgan fingerprint density at radius 2 is 2.07 bits per heavy atom. The molecule has 0 saturated carbocycles. The lowest BCUT2D eigenvalue weighted by atomic mass is 9.98. The predicted molar refractivity (Wildman–Crippen MR) is 103 cm³/mol. The Bertz CT molecular complexity index is 970. The Labute approximate surface area is 157 Å². The highest BCUT2D eigenvalue weighted by atomic mass is 16.5. The van der Waals surface area contributed by atoms with Crippen LogP contribution in [0.1, 0.15) is 19.8 Å². The average Bonchev–Trinajstić information content (AvgIpc) is 3.12. The van der Waals surface area contributed by atoms with Crippen molar-refractivity contribution in [3.05, 3.63) is 36.9 Å². The second-order valence-electron chi connectivity index (χ2n) is 6.58. The van der Waals surface area contributed by atoms with Crippen LogP contribution in [0.3, 0.4) is 0 Å². The van der Waals surface area contributed by atoms with Crippen molar-refractivity contribution in [3.8, 4) is 5.82 Å². The van der Waals surface area contributed by atoms with Crippen LogP contribution < -0.4 is 10.6 Å². The minimum absolute atomic E-state index is 0.157. The summed E-state index contributed by atoms with van der Waals surface area (Å²) in [5.41, 5.74) is 8.72. The van der Waals surface area contributed by atoms with Crippen LogP contribution in [-0.2, 0) is 9.53 Å². The molecule has 1 aliphatic rings. The summed E-state index contributed by atoms with van der Waals surface area (Å²) >= 11 is 0. The van der Waals surface area contributed by atoms with E-state index in [2.05, 4.69) is 15.0 Å². The number of imidazole rings is 1. The van der Waals surface area contributed by atoms with E-state index >= 15 is 0 Å². The summed E-state index contributed by atoms with van der Waals surface area (Å²) in [6.07, 6.45) is 4.92. The van der Waals surface area contributed by atoms with E-state index in [0.717, 1.165) is 30.4 Å². The minimum Gasteiger partial charge on any atom is -0.466 e. The summed E-state index contributed by atoms with van der Waals surface area (Å²) in [6.45, 7) is 3.55. The molecule has 0 bridgehead atoms. The van der Waals surface area contributed by atoms with Crippen LogP contribution in [0.25, 0.3) is 16.9 Å². The summed E-state index contributed by atoms with van der Waals surface area (Å²) < 4.78 is 7.05. The number of nitrogen functional groups attached to an aromatic ring is 1. The van der Waals surface area contributed by atoms with Gasteiger partial charge in [0.15, 0.2) is 11.6 Å². The van der Waals surface area contributed by atoms with E-state index in [4.69, 9.17) is 10.5 Å². The van der Waals surface area contributed by atoms with E-state index in [1.54, 1.807) is 6.33 Å². The van der Waals surface area contributed by atoms with Gasteiger partial charge in [-0.15, -0.1) is 0 Å². The lowest BCUT2D eigenvalue weighted by molar-refractivity contribution is -0.148. The largest absolute Gasteiger partial charge is 0.466 e. The van der Waals surface area contributed by atoms with Gasteiger partial charge in [0, 0.05) is 13.1 Å². The molecular formula is C19H22N6O2. The number of carbonyl (C=O) groups excluding carboxylic acids is 1. The van der Waals surface area contributed by atoms with Crippen LogP contribution in [0.5, 0.6) is 0 Å². The molecule has 0 radical (unpaired) electrons. The number of aromatic nitrogens is 4. The van der Waals surface area contributed by atoms with Crippen LogP contribution in [0.2, 0.25) is 0 Å². The summed E-state index contributed by atoms with van der Waals surface area (Å²) in [5.74, 6) is 0.917. The highest BCUT2D eigenvalue weighted by Crippen LogP contribution is 2.30. The quantitative estimate of drug-likeness (QED) is 0.707. The molecule has 1 atom stereocenters. The highest BCUT2D eigenvalue weighted by molar-refractivity contribution is 5.80. The van der Waals surface area contributed by atoms with Gasteiger partial charge < -0.3 is 15.4 Å². The maximum absolute atomic E-state index is 12.1. The molecule has 8 nitrogen and oxygen atoms in total. The Hall–Kier alpha value is -3.16. The number of hydrogen-bond donors (Lipinski definition) is 1. The van der Waals surface area contributed by atoms with Gasteiger partial charge in [-0.1, -0.05) is 12.1 Å². The normalized spacial score (nSPS) is 17.2. The van der Waals surface area contributed by atoms with E-state index in [0.29, 0.717) is 30.5 Å². The van der Waals surface area contributed by atoms with Gasteiger partial charge >= 0.3 is 5.97 Å². The van der Waals surface area contributed by atoms with Crippen molar-refractivity contribution >= 4 is 28.5 Å². The molecule has 27 heavy (non-hydrogen) atoms. The van der Waals surface area contributed by atoms with Gasteiger partial charge in [-0.05, 0) is 31.9 Å². The number of hydrogen-bond acceptors (Lipinski definition) is 7. The number of piperidine rings is 1. The maximum Gasteiger partial charge on any atom is 0.310 e. The summed E-state index contributed by atoms with van der Waals surface area (Å²) in [5, 5.41) is 0. The van der Waals surface area contributed by atoms with E-state index in [-0.39, 0.29) is 11.9 Å². The third-order valence-electron chi connectivity index (χ3n) is 4.86. The minimum atomic E-state index is -0.161. The van der Waals surface area contributed by atoms with Crippen molar-refractivity contribution in [2.24, 2.45) is 5.92 Å². The fourth-order valence-electron chi connectivity index (χ4n) is 3.57. The van der Waals surface area contributed by atoms with Crippen molar-refractivity contribution in [2.45, 2.75) is 19.8 Å². The van der Waals surface area contributed by atoms with Crippen molar-refractivity contribution in [2.75, 3.05) is 30.3 Å². The summed E-state index contributed by atoms with van der Waals surface area (Å²) in [4.78, 5) is 27.4. The van der Waals surface area contributed by atoms with E-state index in [9.17, 15) is 4.79 Å². The number of nitrogens with two attached hydrogens (primary N) is 1. The number of ether oxygens (including phenoxy) is 1. The van der Waals surface area contributed by atoms with Gasteiger partial charge in [0.05, 0.1) is 23.6 Å². The zero-order chi connectivity index (χ0) is 18.8. The first-order chi connectivity index (χ1) is 13.2. The predicted octanol–water partition coefficient (Wildman–Crippen LogP) is 2.18. The summed E-state index contributed by atoms with van der Waals surface area (Å²) in [7, 11) is 0. The first-order valence-electron chi connectivity index (χ1n) is 9.13. The van der Waals surface area contributed by atoms with E-state index in [1.807, 2.05) is 40.7 Å². The molecule has 8 heteroatoms. The maximum atomic E-state index is 12.1. The van der Waals surface area contributed by atoms with Gasteiger partial charge in [-0.25, -0.2) is 15.0 Å². The molecule has 1 unspecified atom stereocenters. The van der Waals surface area contributed by atoms with Gasteiger partial charge in [0.2, 0.25) is 0 Å². The van der Waals surface area contributed by atoms with Gasteiger partial charge in [0.25, 0.3) is 0 Å². The number of rotatable bonds is 4. The Morgan fingerprint density at radius 3 is 2.93 bits per heavy atom. The van der Waals surface area contributed by atoms with Crippen LogP contribution >= 0.6 is 0 Å². The Balaban J connectivity index is 1.67. The molecule has 2 N–H and O–H groups in total. The first kappa shape index (κ1) is 17.3. The standard InChI is InChI=1S/C19H22N6O2/c1-2-27-19(26)13-6-5-9-24(10-13)17-16(20)18(22-11-21-17)25-12-23-14-7-3-4-8-15(14)25/h3-4,7-8,11-13H,2,5-6,9-10,20H2,1H3. The SMILES string of the molecule is CCOC(=O)C1CCCN(c2ncnc(-n3cnc4ccccc43)c2N)C1. The Morgan fingerprint density at radius 1 is 1.26 bits per heavy atom. The zero-order valence-corrected chi connectivity index (χ0v) is 15.2. The number of para-hydroxylation sites is 2. The van der Waals surface area contributed by atoms with Crippen molar-refractivity contribution in [1.29, 1.82) is 0 Å². The fourth-order valence-corrected chi connectivity index (χ4v) is 3.57. The molecule has 0 spiro atoms. The number of nitrogens with zero attached hydrogens (tertiary/aromatic N) is 5. The van der Waals surface area contributed by atoms with Gasteiger partial charge in [-0.2, -0.15) is 0 Å². The molecule has 1 aliphatic heterocycles. The fraction of sp³-hybridized carbons (Fsp3) is 0.368. The lowest BCUT2D eigenvalue weighted by Gasteiger charge is -2.33. The molecule has 2 aromatic heterocycles. The number of benzene rings is 1. The van der Waals surface area contributed by atoms with Crippen molar-refractivity contribution in [1.82, 2.24) is 19.5 Å². The number of fused-ring (bicyclic) bond motifs is 1. The first-order valence-corrected chi connectivity index (χ1v) is 9.13. The molecule has 4 rings (SSSR count). The summed E-state index contributed by atoms with van der Waals surface area (Å²) in [6, 6.07) is 7.81. The van der Waals surface area contributed by atoms with Crippen LogP contribution in [-0.4, -0.2) is 45.2 Å². The number of esters is 1. The van der Waals surface area contributed by atoms with Crippen LogP contribution in [0.15, 0.2) is 36.9 Å². The molecular weight excluding hydrogens is 344 g/mol. The second kappa shape index (κ2) is 7.22. The van der Waals surface area contributed by atoms with Crippen LogP contribution in [0, 0.1) is 5.92 Å². The van der Waals surface area contributed by atoms with Crippen molar-refractivity contribution in [3.63, 3.8) is 0 Å². The van der Waals surface area contributed by atoms with E-state index < -0.39 is 0 Å². The molecule has 140 valence electrons. The molecule has 1 aromatic carbocycles. The third kappa shape index (κ3) is 3.18. The monoisotopic (exact) mass is 366 g/mol. The van der Waals surface area contributed by atoms with E-state index in [1.165, 1.54) is 6.33 Å².